The molecule has 0 atom stereocenters. The number of halogens is 1. The van der Waals surface area contributed by atoms with Gasteiger partial charge in [0, 0.05) is 5.69 Å². The Hall–Kier alpha value is -3.88. The Balaban J connectivity index is 1.61. The lowest BCUT2D eigenvalue weighted by Gasteiger charge is -2.07. The van der Waals surface area contributed by atoms with E-state index >= 15 is 0 Å². The van der Waals surface area contributed by atoms with Crippen molar-refractivity contribution in [2.24, 2.45) is 0 Å². The Morgan fingerprint density at radius 1 is 1.18 bits per heavy atom. The van der Waals surface area contributed by atoms with Gasteiger partial charge >= 0.3 is 0 Å². The number of aromatic nitrogens is 5. The van der Waals surface area contributed by atoms with Crippen molar-refractivity contribution < 1.29 is 9.18 Å². The first-order valence-corrected chi connectivity index (χ1v) is 8.44. The SMILES string of the molecule is Cc1ccc(NC(=O)Cn2cnc3c(nnn3-c3cccc(F)c3)c2=O)cc1. The minimum Gasteiger partial charge on any atom is -0.325 e. The van der Waals surface area contributed by atoms with Crippen LogP contribution in [0.4, 0.5) is 10.1 Å². The second-order valence-electron chi connectivity index (χ2n) is 6.25. The molecule has 140 valence electrons. The summed E-state index contributed by atoms with van der Waals surface area (Å²) in [7, 11) is 0. The summed E-state index contributed by atoms with van der Waals surface area (Å²) in [6, 6.07) is 13.0. The van der Waals surface area contributed by atoms with Crippen LogP contribution in [-0.4, -0.2) is 30.5 Å². The Morgan fingerprint density at radius 2 is 1.96 bits per heavy atom. The van der Waals surface area contributed by atoms with Crippen LogP contribution in [0.2, 0.25) is 0 Å². The maximum Gasteiger partial charge on any atom is 0.284 e. The fraction of sp³-hybridized carbons (Fsp3) is 0.105. The number of aryl methyl sites for hydroxylation is 1. The van der Waals surface area contributed by atoms with Gasteiger partial charge in [-0.3, -0.25) is 14.2 Å². The lowest BCUT2D eigenvalue weighted by molar-refractivity contribution is -0.116. The number of hydrogen-bond acceptors (Lipinski definition) is 5. The average Bonchev–Trinajstić information content (AvgIpc) is 3.11. The van der Waals surface area contributed by atoms with Crippen LogP contribution < -0.4 is 10.9 Å². The standard InChI is InChI=1S/C19H15FN6O2/c1-12-5-7-14(8-6-12)22-16(27)10-25-11-21-18-17(19(25)28)23-24-26(18)15-4-2-3-13(20)9-15/h2-9,11H,10H2,1H3,(H,22,27). The smallest absolute Gasteiger partial charge is 0.284 e. The van der Waals surface area contributed by atoms with Crippen molar-refractivity contribution >= 4 is 22.8 Å². The summed E-state index contributed by atoms with van der Waals surface area (Å²) in [4.78, 5) is 29.0. The largest absolute Gasteiger partial charge is 0.325 e. The number of nitrogens with zero attached hydrogens (tertiary/aromatic N) is 5. The van der Waals surface area contributed by atoms with Crippen molar-refractivity contribution in [1.82, 2.24) is 24.5 Å². The maximum atomic E-state index is 13.5. The number of hydrogen-bond donors (Lipinski definition) is 1. The number of carbonyl (C=O) groups excluding carboxylic acids is 1. The summed E-state index contributed by atoms with van der Waals surface area (Å²) in [6.07, 6.45) is 1.25. The van der Waals surface area contributed by atoms with E-state index in [1.807, 2.05) is 19.1 Å². The van der Waals surface area contributed by atoms with Crippen LogP contribution in [0.15, 0.2) is 59.7 Å². The van der Waals surface area contributed by atoms with Crippen LogP contribution in [0.1, 0.15) is 5.56 Å². The highest BCUT2D eigenvalue weighted by Crippen LogP contribution is 2.13. The molecule has 1 N–H and O–H groups in total. The molecule has 4 rings (SSSR count). The van der Waals surface area contributed by atoms with E-state index in [2.05, 4.69) is 20.6 Å². The van der Waals surface area contributed by atoms with Crippen LogP contribution in [0.5, 0.6) is 0 Å². The summed E-state index contributed by atoms with van der Waals surface area (Å²) in [5.41, 5.74) is 1.77. The van der Waals surface area contributed by atoms with Gasteiger partial charge in [0.15, 0.2) is 11.2 Å². The highest BCUT2D eigenvalue weighted by atomic mass is 19.1. The third-order valence-corrected chi connectivity index (χ3v) is 4.13. The molecule has 0 spiro atoms. The summed E-state index contributed by atoms with van der Waals surface area (Å²) in [5, 5.41) is 10.5. The first kappa shape index (κ1) is 17.5. The van der Waals surface area contributed by atoms with Gasteiger partial charge in [0.05, 0.1) is 5.69 Å². The molecule has 1 amide bonds. The number of benzene rings is 2. The van der Waals surface area contributed by atoms with Crippen molar-refractivity contribution in [2.45, 2.75) is 13.5 Å². The van der Waals surface area contributed by atoms with Crippen LogP contribution in [0.25, 0.3) is 16.9 Å². The molecule has 28 heavy (non-hydrogen) atoms. The van der Waals surface area contributed by atoms with E-state index in [-0.39, 0.29) is 23.6 Å². The molecule has 2 aromatic carbocycles. The molecule has 8 nitrogen and oxygen atoms in total. The normalized spacial score (nSPS) is 10.9. The van der Waals surface area contributed by atoms with Gasteiger partial charge in [-0.05, 0) is 37.3 Å². The van der Waals surface area contributed by atoms with Gasteiger partial charge in [-0.15, -0.1) is 5.10 Å². The number of fused-ring (bicyclic) bond motifs is 1. The minimum absolute atomic E-state index is 0.00472. The van der Waals surface area contributed by atoms with Gasteiger partial charge < -0.3 is 5.32 Å². The second-order valence-corrected chi connectivity index (χ2v) is 6.25. The Morgan fingerprint density at radius 3 is 2.71 bits per heavy atom. The lowest BCUT2D eigenvalue weighted by Crippen LogP contribution is -2.28. The zero-order chi connectivity index (χ0) is 19.7. The van der Waals surface area contributed by atoms with E-state index in [1.54, 1.807) is 18.2 Å². The summed E-state index contributed by atoms with van der Waals surface area (Å²) >= 11 is 0. The lowest BCUT2D eigenvalue weighted by atomic mass is 10.2. The molecule has 2 aromatic heterocycles. The topological polar surface area (TPSA) is 94.7 Å². The van der Waals surface area contributed by atoms with E-state index in [4.69, 9.17) is 0 Å². The Kier molecular flexibility index (Phi) is 4.40. The van der Waals surface area contributed by atoms with E-state index < -0.39 is 11.4 Å². The van der Waals surface area contributed by atoms with Crippen LogP contribution in [0.3, 0.4) is 0 Å². The average molecular weight is 378 g/mol. The molecule has 0 saturated heterocycles. The van der Waals surface area contributed by atoms with Gasteiger partial charge in [0.1, 0.15) is 18.7 Å². The zero-order valence-corrected chi connectivity index (χ0v) is 14.8. The van der Waals surface area contributed by atoms with Gasteiger partial charge in [-0.25, -0.2) is 9.37 Å². The third kappa shape index (κ3) is 3.37. The maximum absolute atomic E-state index is 13.5. The van der Waals surface area contributed by atoms with Crippen LogP contribution >= 0.6 is 0 Å². The fourth-order valence-electron chi connectivity index (χ4n) is 2.73. The quantitative estimate of drug-likeness (QED) is 0.587. The molecule has 2 heterocycles. The molecule has 0 bridgehead atoms. The summed E-state index contributed by atoms with van der Waals surface area (Å²) < 4.78 is 15.9. The van der Waals surface area contributed by atoms with Crippen molar-refractivity contribution in [2.75, 3.05) is 5.32 Å². The second kappa shape index (κ2) is 7.03. The van der Waals surface area contributed by atoms with E-state index in [0.29, 0.717) is 11.4 Å². The number of nitrogens with one attached hydrogen (secondary N) is 1. The monoisotopic (exact) mass is 378 g/mol. The molecule has 0 unspecified atom stereocenters. The molecule has 0 aliphatic carbocycles. The van der Waals surface area contributed by atoms with Gasteiger partial charge in [-0.2, -0.15) is 4.68 Å². The molecule has 0 aliphatic heterocycles. The molecule has 0 aliphatic rings. The fourth-order valence-corrected chi connectivity index (χ4v) is 2.73. The van der Waals surface area contributed by atoms with Gasteiger partial charge in [0.25, 0.3) is 5.56 Å². The first-order chi connectivity index (χ1) is 13.5. The van der Waals surface area contributed by atoms with Crippen molar-refractivity contribution in [1.29, 1.82) is 0 Å². The van der Waals surface area contributed by atoms with Crippen molar-refractivity contribution in [3.8, 4) is 5.69 Å². The summed E-state index contributed by atoms with van der Waals surface area (Å²) in [6.45, 7) is 1.73. The van der Waals surface area contributed by atoms with E-state index in [1.165, 1.54) is 29.2 Å². The molecular weight excluding hydrogens is 363 g/mol. The molecular formula is C19H15FN6O2. The molecule has 4 aromatic rings. The first-order valence-electron chi connectivity index (χ1n) is 8.44. The number of carbonyl (C=O) groups is 1. The van der Waals surface area contributed by atoms with Crippen molar-refractivity contribution in [3.63, 3.8) is 0 Å². The number of amides is 1. The third-order valence-electron chi connectivity index (χ3n) is 4.13. The van der Waals surface area contributed by atoms with Gasteiger partial charge in [0.2, 0.25) is 5.91 Å². The Bertz CT molecular complexity index is 1230. The zero-order valence-electron chi connectivity index (χ0n) is 14.8. The highest BCUT2D eigenvalue weighted by Gasteiger charge is 2.15. The predicted octanol–water partition coefficient (Wildman–Crippen LogP) is 2.06. The summed E-state index contributed by atoms with van der Waals surface area (Å²) in [5.74, 6) is -0.813. The molecule has 9 heteroatoms. The van der Waals surface area contributed by atoms with Crippen LogP contribution in [-0.2, 0) is 11.3 Å². The number of anilines is 1. The molecule has 0 saturated carbocycles. The van der Waals surface area contributed by atoms with Crippen LogP contribution in [0, 0.1) is 12.7 Å². The Labute approximate surface area is 158 Å². The number of rotatable bonds is 4. The predicted molar refractivity (Wildman–Crippen MR) is 101 cm³/mol. The van der Waals surface area contributed by atoms with E-state index in [0.717, 1.165) is 10.1 Å². The van der Waals surface area contributed by atoms with E-state index in [9.17, 15) is 14.0 Å². The highest BCUT2D eigenvalue weighted by molar-refractivity contribution is 5.90. The molecule has 0 fully saturated rings. The minimum atomic E-state index is -0.508. The van der Waals surface area contributed by atoms with Crippen molar-refractivity contribution in [3.05, 3.63) is 76.6 Å². The molecule has 0 radical (unpaired) electrons. The van der Waals surface area contributed by atoms with Gasteiger partial charge in [-0.1, -0.05) is 29.0 Å².